The van der Waals surface area contributed by atoms with Gasteiger partial charge in [0.15, 0.2) is 5.82 Å². The second-order valence-corrected chi connectivity index (χ2v) is 11.9. The highest BCUT2D eigenvalue weighted by molar-refractivity contribution is 5.70. The Bertz CT molecular complexity index is 1640. The lowest BCUT2D eigenvalue weighted by atomic mass is 10.1. The highest BCUT2D eigenvalue weighted by Gasteiger charge is 2.33. The van der Waals surface area contributed by atoms with Gasteiger partial charge in [-0.2, -0.15) is 0 Å². The van der Waals surface area contributed by atoms with Crippen molar-refractivity contribution in [3.05, 3.63) is 73.0 Å². The molecule has 44 heavy (non-hydrogen) atoms. The topological polar surface area (TPSA) is 142 Å². The van der Waals surface area contributed by atoms with Crippen LogP contribution >= 0.6 is 0 Å². The van der Waals surface area contributed by atoms with E-state index in [9.17, 15) is 9.59 Å². The molecule has 5 rings (SSSR count). The van der Waals surface area contributed by atoms with Crippen molar-refractivity contribution in [2.24, 2.45) is 0 Å². The Morgan fingerprint density at radius 2 is 1.61 bits per heavy atom. The van der Waals surface area contributed by atoms with Gasteiger partial charge >= 0.3 is 12.2 Å². The molecular formula is C32H38N8O4. The molecule has 0 aliphatic carbocycles. The number of hydrogen-bond donors (Lipinski definition) is 2. The first-order chi connectivity index (χ1) is 20.9. The third-order valence-corrected chi connectivity index (χ3v) is 7.33. The number of carbonyl (C=O) groups excluding carboxylic acids is 2. The zero-order valence-electron chi connectivity index (χ0n) is 25.9. The second-order valence-electron chi connectivity index (χ2n) is 11.9. The molecule has 230 valence electrons. The minimum Gasteiger partial charge on any atom is -0.444 e. The Morgan fingerprint density at radius 3 is 2.27 bits per heavy atom. The lowest BCUT2D eigenvalue weighted by Crippen LogP contribution is -2.36. The molecule has 2 atom stereocenters. The summed E-state index contributed by atoms with van der Waals surface area (Å²) in [6, 6.07) is 7.36. The van der Waals surface area contributed by atoms with Gasteiger partial charge in [-0.05, 0) is 53.0 Å². The Kier molecular flexibility index (Phi) is 8.52. The van der Waals surface area contributed by atoms with Crippen LogP contribution in [-0.4, -0.2) is 71.1 Å². The number of benzene rings is 1. The number of aromatic amines is 2. The van der Waals surface area contributed by atoms with Gasteiger partial charge in [0.2, 0.25) is 0 Å². The lowest BCUT2D eigenvalue weighted by Gasteiger charge is -2.27. The maximum absolute atomic E-state index is 12.5. The van der Waals surface area contributed by atoms with Crippen LogP contribution < -0.4 is 0 Å². The largest absolute Gasteiger partial charge is 0.444 e. The molecule has 2 N–H and O–H groups in total. The molecule has 4 heterocycles. The summed E-state index contributed by atoms with van der Waals surface area (Å²) >= 11 is 0. The third kappa shape index (κ3) is 6.80. The minimum atomic E-state index is -0.575. The average Bonchev–Trinajstić information content (AvgIpc) is 3.76. The zero-order valence-corrected chi connectivity index (χ0v) is 25.9. The number of H-pyrrole nitrogens is 2. The molecule has 0 saturated carbocycles. The van der Waals surface area contributed by atoms with Crippen molar-refractivity contribution in [3.63, 3.8) is 0 Å². The summed E-state index contributed by atoms with van der Waals surface area (Å²) < 4.78 is 10.7. The minimum absolute atomic E-state index is 0.186. The van der Waals surface area contributed by atoms with Gasteiger partial charge in [-0.15, -0.1) is 0 Å². The normalized spacial score (nSPS) is 15.6. The van der Waals surface area contributed by atoms with E-state index in [0.29, 0.717) is 29.8 Å². The number of carbonyl (C=O) groups is 2. The Labute approximate surface area is 256 Å². The number of amides is 2. The first kappa shape index (κ1) is 30.5. The Hall–Kier alpha value is -5.00. The van der Waals surface area contributed by atoms with E-state index in [-0.39, 0.29) is 12.1 Å². The van der Waals surface area contributed by atoms with Crippen molar-refractivity contribution in [1.82, 2.24) is 39.7 Å². The predicted octanol–water partition coefficient (Wildman–Crippen LogP) is 6.66. The second kappa shape index (κ2) is 12.3. The van der Waals surface area contributed by atoms with Gasteiger partial charge in [0.05, 0.1) is 41.6 Å². The van der Waals surface area contributed by atoms with Crippen molar-refractivity contribution in [3.8, 4) is 33.9 Å². The summed E-state index contributed by atoms with van der Waals surface area (Å²) in [4.78, 5) is 53.0. The van der Waals surface area contributed by atoms with E-state index < -0.39 is 17.8 Å². The number of allylic oxidation sites excluding steroid dienone is 1. The summed E-state index contributed by atoms with van der Waals surface area (Å²) in [5.41, 5.74) is 3.61. The van der Waals surface area contributed by atoms with Gasteiger partial charge in [-0.3, -0.25) is 4.90 Å². The molecule has 0 radical (unpaired) electrons. The number of aromatic nitrogens is 6. The number of hydrogen-bond acceptors (Lipinski definition) is 8. The monoisotopic (exact) mass is 598 g/mol. The van der Waals surface area contributed by atoms with E-state index in [0.717, 1.165) is 40.9 Å². The maximum atomic E-state index is 12.5. The highest BCUT2D eigenvalue weighted by Crippen LogP contribution is 2.32. The number of rotatable bonds is 7. The van der Waals surface area contributed by atoms with Crippen LogP contribution in [0.1, 0.15) is 71.2 Å². The third-order valence-electron chi connectivity index (χ3n) is 7.33. The van der Waals surface area contributed by atoms with Gasteiger partial charge in [0.1, 0.15) is 17.2 Å². The van der Waals surface area contributed by atoms with Gasteiger partial charge in [-0.1, -0.05) is 30.8 Å². The molecule has 12 heteroatoms. The highest BCUT2D eigenvalue weighted by atomic mass is 16.6. The molecule has 1 saturated heterocycles. The zero-order chi connectivity index (χ0) is 31.6. The van der Waals surface area contributed by atoms with Crippen molar-refractivity contribution < 1.29 is 19.1 Å². The lowest BCUT2D eigenvalue weighted by molar-refractivity contribution is 0.0227. The number of nitrogens with zero attached hydrogens (tertiary/aromatic N) is 6. The van der Waals surface area contributed by atoms with Crippen LogP contribution in [-0.2, 0) is 9.47 Å². The summed E-state index contributed by atoms with van der Waals surface area (Å²) in [5.74, 6) is 2.30. The molecule has 1 aliphatic heterocycles. The molecule has 1 fully saturated rings. The smallest absolute Gasteiger partial charge is 0.415 e. The standard InChI is InChI=1S/C32H38N8O4/c1-19(2)43-31(42)40-14-8-9-26(40)29-36-18-25(38-29)23-15-33-28(34-16-23)22-12-10-21(11-13-22)24-17-35-27(37-24)20(3)39(7)30(41)44-32(4,5)6/h10-13,15-18,20,26H,1,8-9,14H2,2-7H3,(H,35,37)(H,36,38)/t20-,26-/m0/s1. The number of imidazole rings is 2. The van der Waals surface area contributed by atoms with Crippen LogP contribution in [0.3, 0.4) is 0 Å². The van der Waals surface area contributed by atoms with Gasteiger partial charge in [0, 0.05) is 37.1 Å². The maximum Gasteiger partial charge on any atom is 0.415 e. The van der Waals surface area contributed by atoms with Crippen LogP contribution in [0, 0.1) is 0 Å². The molecule has 0 unspecified atom stereocenters. The van der Waals surface area contributed by atoms with Crippen molar-refractivity contribution in [1.29, 1.82) is 0 Å². The molecule has 1 aliphatic rings. The van der Waals surface area contributed by atoms with E-state index in [4.69, 9.17) is 9.47 Å². The van der Waals surface area contributed by atoms with E-state index in [1.165, 1.54) is 4.90 Å². The van der Waals surface area contributed by atoms with Crippen LogP contribution in [0.4, 0.5) is 9.59 Å². The van der Waals surface area contributed by atoms with Crippen LogP contribution in [0.25, 0.3) is 33.9 Å². The van der Waals surface area contributed by atoms with Crippen LogP contribution in [0.15, 0.2) is 61.4 Å². The fourth-order valence-electron chi connectivity index (χ4n) is 4.92. The predicted molar refractivity (Wildman–Crippen MR) is 165 cm³/mol. The van der Waals surface area contributed by atoms with E-state index >= 15 is 0 Å². The molecule has 4 aromatic rings. The molecule has 12 nitrogen and oxygen atoms in total. The molecule has 2 amide bonds. The number of ether oxygens (including phenoxy) is 2. The Balaban J connectivity index is 1.24. The molecule has 1 aromatic carbocycles. The number of nitrogens with one attached hydrogen (secondary N) is 2. The van der Waals surface area contributed by atoms with Gasteiger partial charge in [0.25, 0.3) is 0 Å². The van der Waals surface area contributed by atoms with Crippen molar-refractivity contribution >= 4 is 12.2 Å². The fraction of sp³-hybridized carbons (Fsp3) is 0.375. The molecule has 0 spiro atoms. The van der Waals surface area contributed by atoms with E-state index in [1.807, 2.05) is 52.0 Å². The van der Waals surface area contributed by atoms with E-state index in [2.05, 4.69) is 36.5 Å². The van der Waals surface area contributed by atoms with Gasteiger partial charge < -0.3 is 24.3 Å². The summed E-state index contributed by atoms with van der Waals surface area (Å²) in [7, 11) is 1.69. The summed E-state index contributed by atoms with van der Waals surface area (Å²) in [6.45, 7) is 13.3. The summed E-state index contributed by atoms with van der Waals surface area (Å²) in [6.07, 6.45) is 7.83. The molecule has 3 aromatic heterocycles. The fourth-order valence-corrected chi connectivity index (χ4v) is 4.92. The van der Waals surface area contributed by atoms with E-state index in [1.54, 1.807) is 43.7 Å². The van der Waals surface area contributed by atoms with Crippen molar-refractivity contribution in [2.75, 3.05) is 13.6 Å². The Morgan fingerprint density at radius 1 is 0.977 bits per heavy atom. The average molecular weight is 599 g/mol. The van der Waals surface area contributed by atoms with Crippen LogP contribution in [0.2, 0.25) is 0 Å². The number of likely N-dealkylation sites (tertiary alicyclic amines) is 1. The summed E-state index contributed by atoms with van der Waals surface area (Å²) in [5, 5.41) is 0. The SMILES string of the molecule is C=C(C)OC(=O)N1CCC[C@H]1c1ncc(-c2cnc(-c3ccc(-c4cnc([C@H](C)N(C)C(=O)OC(C)(C)C)[nH]4)cc3)nc2)[nH]1. The first-order valence-corrected chi connectivity index (χ1v) is 14.5. The molecule has 0 bridgehead atoms. The molecular weight excluding hydrogens is 560 g/mol. The van der Waals surface area contributed by atoms with Crippen LogP contribution in [0.5, 0.6) is 0 Å². The quantitative estimate of drug-likeness (QED) is 0.225. The van der Waals surface area contributed by atoms with Gasteiger partial charge in [-0.25, -0.2) is 29.5 Å². The first-order valence-electron chi connectivity index (χ1n) is 14.5. The van der Waals surface area contributed by atoms with Crippen molar-refractivity contribution in [2.45, 2.75) is 65.1 Å².